The molecule has 0 aliphatic carbocycles. The molecule has 0 aromatic rings. The lowest BCUT2D eigenvalue weighted by atomic mass is 10.1. The van der Waals surface area contributed by atoms with E-state index in [2.05, 4.69) is 12.6 Å². The highest BCUT2D eigenvalue weighted by atomic mass is 32.1. The van der Waals surface area contributed by atoms with Gasteiger partial charge in [0.1, 0.15) is 5.78 Å². The standard InChI is InChI=1S/C7H14OS/c1-3-6(8)5-7(9)4-2/h7,9H,3-5H2,1-2H3. The maximum atomic E-state index is 10.7. The first kappa shape index (κ1) is 9.02. The maximum Gasteiger partial charge on any atom is 0.133 e. The Bertz CT molecular complexity index is 90.9. The summed E-state index contributed by atoms with van der Waals surface area (Å²) in [5.74, 6) is 0.317. The van der Waals surface area contributed by atoms with Crippen molar-refractivity contribution in [1.82, 2.24) is 0 Å². The normalized spacial score (nSPS) is 13.2. The third-order valence-corrected chi connectivity index (χ3v) is 1.88. The highest BCUT2D eigenvalue weighted by Crippen LogP contribution is 2.06. The second-order valence-corrected chi connectivity index (χ2v) is 2.89. The number of carbonyl (C=O) groups is 1. The number of Topliss-reactive ketones (excluding diaryl/α,β-unsaturated/α-hetero) is 1. The van der Waals surface area contributed by atoms with Crippen molar-refractivity contribution < 1.29 is 4.79 Å². The Balaban J connectivity index is 3.34. The van der Waals surface area contributed by atoms with E-state index < -0.39 is 0 Å². The maximum absolute atomic E-state index is 10.7. The lowest BCUT2D eigenvalue weighted by Crippen LogP contribution is -2.05. The van der Waals surface area contributed by atoms with Gasteiger partial charge in [-0.1, -0.05) is 13.8 Å². The lowest BCUT2D eigenvalue weighted by Gasteiger charge is -2.03. The van der Waals surface area contributed by atoms with E-state index in [0.29, 0.717) is 18.6 Å². The van der Waals surface area contributed by atoms with E-state index in [4.69, 9.17) is 0 Å². The van der Waals surface area contributed by atoms with Crippen LogP contribution in [0.4, 0.5) is 0 Å². The molecule has 0 saturated heterocycles. The molecule has 0 fully saturated rings. The Morgan fingerprint density at radius 3 is 2.44 bits per heavy atom. The third-order valence-electron chi connectivity index (χ3n) is 1.33. The average Bonchev–Trinajstić information content (AvgIpc) is 1.87. The van der Waals surface area contributed by atoms with Crippen LogP contribution in [0.3, 0.4) is 0 Å². The molecule has 0 aromatic heterocycles. The molecule has 0 radical (unpaired) electrons. The molecule has 0 aromatic carbocycles. The molecule has 54 valence electrons. The van der Waals surface area contributed by atoms with E-state index in [-0.39, 0.29) is 5.25 Å². The summed E-state index contributed by atoms with van der Waals surface area (Å²) in [5.41, 5.74) is 0. The predicted octanol–water partition coefficient (Wildman–Crippen LogP) is 2.06. The molecule has 1 nitrogen and oxygen atoms in total. The Kier molecular flexibility index (Phi) is 4.87. The molecule has 0 N–H and O–H groups in total. The van der Waals surface area contributed by atoms with Gasteiger partial charge in [-0.15, -0.1) is 0 Å². The summed E-state index contributed by atoms with van der Waals surface area (Å²) in [7, 11) is 0. The van der Waals surface area contributed by atoms with E-state index in [1.54, 1.807) is 0 Å². The Morgan fingerprint density at radius 2 is 2.11 bits per heavy atom. The van der Waals surface area contributed by atoms with Crippen LogP contribution < -0.4 is 0 Å². The zero-order valence-corrected chi connectivity index (χ0v) is 6.95. The van der Waals surface area contributed by atoms with Crippen molar-refractivity contribution in [3.05, 3.63) is 0 Å². The molecule has 0 saturated carbocycles. The highest BCUT2D eigenvalue weighted by molar-refractivity contribution is 7.81. The minimum Gasteiger partial charge on any atom is -0.300 e. The van der Waals surface area contributed by atoms with Crippen LogP contribution in [0, 0.1) is 0 Å². The largest absolute Gasteiger partial charge is 0.300 e. The van der Waals surface area contributed by atoms with Gasteiger partial charge in [0.15, 0.2) is 0 Å². The van der Waals surface area contributed by atoms with Crippen LogP contribution in [0.15, 0.2) is 0 Å². The van der Waals surface area contributed by atoms with Crippen molar-refractivity contribution in [3.8, 4) is 0 Å². The van der Waals surface area contributed by atoms with Crippen molar-refractivity contribution in [1.29, 1.82) is 0 Å². The van der Waals surface area contributed by atoms with Gasteiger partial charge in [-0.25, -0.2) is 0 Å². The molecule has 0 amide bonds. The minimum absolute atomic E-state index is 0.275. The van der Waals surface area contributed by atoms with E-state index in [1.165, 1.54) is 0 Å². The smallest absolute Gasteiger partial charge is 0.133 e. The highest BCUT2D eigenvalue weighted by Gasteiger charge is 2.04. The Labute approximate surface area is 62.2 Å². The molecule has 0 aliphatic rings. The first-order valence-corrected chi connectivity index (χ1v) is 3.92. The molecule has 1 atom stereocenters. The summed E-state index contributed by atoms with van der Waals surface area (Å²) in [6.07, 6.45) is 2.27. The lowest BCUT2D eigenvalue weighted by molar-refractivity contribution is -0.118. The molecule has 2 heteroatoms. The molecule has 0 heterocycles. The number of rotatable bonds is 4. The summed E-state index contributed by atoms with van der Waals surface area (Å²) in [5, 5.41) is 0.275. The van der Waals surface area contributed by atoms with Gasteiger partial charge in [-0.3, -0.25) is 4.79 Å². The molecular formula is C7H14OS. The quantitative estimate of drug-likeness (QED) is 0.601. The molecular weight excluding hydrogens is 132 g/mol. The zero-order chi connectivity index (χ0) is 7.28. The van der Waals surface area contributed by atoms with Gasteiger partial charge in [-0.2, -0.15) is 12.6 Å². The first-order chi connectivity index (χ1) is 4.20. The fourth-order valence-corrected chi connectivity index (χ4v) is 0.755. The summed E-state index contributed by atoms with van der Waals surface area (Å²) in [4.78, 5) is 10.7. The van der Waals surface area contributed by atoms with Gasteiger partial charge in [-0.05, 0) is 6.42 Å². The average molecular weight is 146 g/mol. The Hall–Kier alpha value is 0.0200. The topological polar surface area (TPSA) is 17.1 Å². The van der Waals surface area contributed by atoms with Crippen LogP contribution in [0.2, 0.25) is 0 Å². The van der Waals surface area contributed by atoms with Gasteiger partial charge in [0.2, 0.25) is 0 Å². The summed E-state index contributed by atoms with van der Waals surface area (Å²) < 4.78 is 0. The number of carbonyl (C=O) groups excluding carboxylic acids is 1. The van der Waals surface area contributed by atoms with Crippen LogP contribution in [-0.2, 0) is 4.79 Å². The van der Waals surface area contributed by atoms with Gasteiger partial charge in [0.05, 0.1) is 0 Å². The van der Waals surface area contributed by atoms with Crippen LogP contribution in [0.1, 0.15) is 33.1 Å². The van der Waals surface area contributed by atoms with E-state index in [1.807, 2.05) is 13.8 Å². The monoisotopic (exact) mass is 146 g/mol. The fourth-order valence-electron chi connectivity index (χ4n) is 0.551. The zero-order valence-electron chi connectivity index (χ0n) is 6.05. The second kappa shape index (κ2) is 4.86. The van der Waals surface area contributed by atoms with Gasteiger partial charge in [0.25, 0.3) is 0 Å². The van der Waals surface area contributed by atoms with Crippen LogP contribution >= 0.6 is 12.6 Å². The van der Waals surface area contributed by atoms with Crippen molar-refractivity contribution in [3.63, 3.8) is 0 Å². The van der Waals surface area contributed by atoms with Crippen molar-refractivity contribution in [2.24, 2.45) is 0 Å². The first-order valence-electron chi connectivity index (χ1n) is 3.40. The van der Waals surface area contributed by atoms with Gasteiger partial charge < -0.3 is 0 Å². The molecule has 0 spiro atoms. The third kappa shape index (κ3) is 4.52. The van der Waals surface area contributed by atoms with E-state index in [0.717, 1.165) is 6.42 Å². The summed E-state index contributed by atoms with van der Waals surface area (Å²) in [6, 6.07) is 0. The fraction of sp³-hybridized carbons (Fsp3) is 0.857. The summed E-state index contributed by atoms with van der Waals surface area (Å²) in [6.45, 7) is 3.93. The summed E-state index contributed by atoms with van der Waals surface area (Å²) >= 11 is 4.20. The predicted molar refractivity (Wildman–Crippen MR) is 43.0 cm³/mol. The molecule has 0 bridgehead atoms. The molecule has 0 rings (SSSR count). The molecule has 1 unspecified atom stereocenters. The van der Waals surface area contributed by atoms with Gasteiger partial charge >= 0.3 is 0 Å². The number of ketones is 1. The number of thiol groups is 1. The minimum atomic E-state index is 0.275. The van der Waals surface area contributed by atoms with Crippen LogP contribution in [0.5, 0.6) is 0 Å². The van der Waals surface area contributed by atoms with E-state index >= 15 is 0 Å². The van der Waals surface area contributed by atoms with Crippen LogP contribution in [-0.4, -0.2) is 11.0 Å². The van der Waals surface area contributed by atoms with Crippen molar-refractivity contribution in [2.75, 3.05) is 0 Å². The van der Waals surface area contributed by atoms with Crippen LogP contribution in [0.25, 0.3) is 0 Å². The van der Waals surface area contributed by atoms with E-state index in [9.17, 15) is 4.79 Å². The molecule has 9 heavy (non-hydrogen) atoms. The number of hydrogen-bond donors (Lipinski definition) is 1. The second-order valence-electron chi connectivity index (χ2n) is 2.16. The molecule has 0 aliphatic heterocycles. The Morgan fingerprint density at radius 1 is 1.56 bits per heavy atom. The van der Waals surface area contributed by atoms with Crippen molar-refractivity contribution in [2.45, 2.75) is 38.4 Å². The van der Waals surface area contributed by atoms with Crippen molar-refractivity contribution >= 4 is 18.4 Å². The number of hydrogen-bond acceptors (Lipinski definition) is 2. The van der Waals surface area contributed by atoms with Gasteiger partial charge in [0, 0.05) is 18.1 Å². The SMILES string of the molecule is CCC(=O)CC(S)CC.